The van der Waals surface area contributed by atoms with Crippen LogP contribution in [-0.4, -0.2) is 43.4 Å². The highest BCUT2D eigenvalue weighted by Gasteiger charge is 2.31. The van der Waals surface area contributed by atoms with Crippen molar-refractivity contribution >= 4 is 41.1 Å². The maximum Gasteiger partial charge on any atom is 0.264 e. The molecule has 0 bridgehead atoms. The number of hydrogen-bond donors (Lipinski definition) is 1. The van der Waals surface area contributed by atoms with E-state index in [2.05, 4.69) is 9.62 Å². The monoisotopic (exact) mass is 558 g/mol. The van der Waals surface area contributed by atoms with E-state index in [0.29, 0.717) is 28.3 Å². The minimum absolute atomic E-state index is 0.0512. The minimum Gasteiger partial charge on any atom is -0.493 e. The maximum atomic E-state index is 14.6. The molecule has 1 saturated carbocycles. The van der Waals surface area contributed by atoms with Gasteiger partial charge in [-0.3, -0.25) is 14.4 Å². The number of alkyl halides is 1. The fraction of sp³-hybridized carbons (Fsp3) is 0.519. The summed E-state index contributed by atoms with van der Waals surface area (Å²) >= 11 is 13.4. The van der Waals surface area contributed by atoms with Gasteiger partial charge in [-0.2, -0.15) is 0 Å². The van der Waals surface area contributed by atoms with Crippen LogP contribution in [0.5, 0.6) is 5.75 Å². The van der Waals surface area contributed by atoms with Crippen molar-refractivity contribution < 1.29 is 18.3 Å². The number of benzene rings is 2. The molecule has 0 radical (unpaired) electrons. The van der Waals surface area contributed by atoms with Gasteiger partial charge in [0.2, 0.25) is 0 Å². The van der Waals surface area contributed by atoms with Crippen LogP contribution in [0.1, 0.15) is 73.0 Å². The average Bonchev–Trinajstić information content (AvgIpc) is 3.70. The van der Waals surface area contributed by atoms with Crippen LogP contribution < -0.4 is 9.46 Å². The molecule has 2 aromatic carbocycles. The zero-order valence-corrected chi connectivity index (χ0v) is 23.3. The summed E-state index contributed by atoms with van der Waals surface area (Å²) in [5.41, 5.74) is 1.74. The normalized spacial score (nSPS) is 17.2. The van der Waals surface area contributed by atoms with Crippen LogP contribution in [0, 0.1) is 11.7 Å². The first-order chi connectivity index (χ1) is 17.4. The van der Waals surface area contributed by atoms with Gasteiger partial charge in [0, 0.05) is 22.4 Å². The van der Waals surface area contributed by atoms with Gasteiger partial charge in [-0.05, 0) is 86.0 Å². The molecule has 9 heteroatoms. The Hall–Kier alpha value is -1.54. The van der Waals surface area contributed by atoms with Crippen LogP contribution in [0.4, 0.5) is 8.78 Å². The van der Waals surface area contributed by atoms with Crippen molar-refractivity contribution in [1.82, 2.24) is 9.62 Å². The first kappa shape index (κ1) is 29.0. The van der Waals surface area contributed by atoms with Crippen molar-refractivity contribution in [2.24, 2.45) is 5.92 Å². The van der Waals surface area contributed by atoms with E-state index in [-0.39, 0.29) is 17.5 Å². The van der Waals surface area contributed by atoms with E-state index in [1.807, 2.05) is 13.8 Å². The summed E-state index contributed by atoms with van der Waals surface area (Å²) in [6.07, 6.45) is 5.45. The summed E-state index contributed by atoms with van der Waals surface area (Å²) in [4.78, 5) is 14.3. The summed E-state index contributed by atoms with van der Waals surface area (Å²) in [7, 11) is 0. The minimum atomic E-state index is -0.577. The van der Waals surface area contributed by atoms with E-state index >= 15 is 0 Å². The lowest BCUT2D eigenvalue weighted by molar-refractivity contribution is 0.0933. The molecule has 1 heterocycles. The second-order valence-corrected chi connectivity index (χ2v) is 10.4. The van der Waals surface area contributed by atoms with Gasteiger partial charge in [0.15, 0.2) is 0 Å². The summed E-state index contributed by atoms with van der Waals surface area (Å²) < 4.78 is 37.2. The lowest BCUT2D eigenvalue weighted by Gasteiger charge is -2.36. The molecule has 1 aliphatic heterocycles. The Morgan fingerprint density at radius 1 is 1.11 bits per heavy atom. The van der Waals surface area contributed by atoms with Crippen molar-refractivity contribution in [3.63, 3.8) is 0 Å². The van der Waals surface area contributed by atoms with Crippen LogP contribution in [0.15, 0.2) is 30.3 Å². The summed E-state index contributed by atoms with van der Waals surface area (Å²) in [6, 6.07) is 7.78. The van der Waals surface area contributed by atoms with Crippen LogP contribution in [-0.2, 0) is 0 Å². The Morgan fingerprint density at radius 2 is 1.75 bits per heavy atom. The smallest absolute Gasteiger partial charge is 0.264 e. The van der Waals surface area contributed by atoms with Crippen molar-refractivity contribution in [1.29, 1.82) is 0 Å². The molecule has 1 N–H and O–H groups in total. The van der Waals surface area contributed by atoms with Crippen molar-refractivity contribution in [2.75, 3.05) is 32.6 Å². The van der Waals surface area contributed by atoms with Gasteiger partial charge in [-0.1, -0.05) is 49.0 Å². The fourth-order valence-corrected chi connectivity index (χ4v) is 5.37. The molecule has 1 aliphatic carbocycles. The van der Waals surface area contributed by atoms with E-state index in [1.54, 1.807) is 30.5 Å². The molecule has 1 saturated heterocycles. The first-order valence-electron chi connectivity index (χ1n) is 12.4. The van der Waals surface area contributed by atoms with Crippen LogP contribution in [0.2, 0.25) is 10.0 Å². The molecular formula is C27H34Cl2F2N2O2S. The SMILES string of the molecule is CC.CSNC(=O)c1cc(C2CC2)c(OCC2CCN(C(CF)c3cc(Cl)cc(Cl)c3)CC2)cc1F. The zero-order valence-electron chi connectivity index (χ0n) is 21.0. The molecular weight excluding hydrogens is 525 g/mol. The van der Waals surface area contributed by atoms with E-state index in [4.69, 9.17) is 27.9 Å². The van der Waals surface area contributed by atoms with Crippen molar-refractivity contribution in [2.45, 2.75) is 51.5 Å². The maximum absolute atomic E-state index is 14.6. The second kappa shape index (κ2) is 13.8. The summed E-state index contributed by atoms with van der Waals surface area (Å²) in [5, 5.41) is 1.000. The number of halogens is 4. The van der Waals surface area contributed by atoms with E-state index in [9.17, 15) is 13.6 Å². The van der Waals surface area contributed by atoms with E-state index in [1.165, 1.54) is 6.07 Å². The highest BCUT2D eigenvalue weighted by atomic mass is 35.5. The molecule has 0 spiro atoms. The molecule has 2 aromatic rings. The third-order valence-corrected chi connectivity index (χ3v) is 7.36. The lowest BCUT2D eigenvalue weighted by Crippen LogP contribution is -2.39. The lowest BCUT2D eigenvalue weighted by atomic mass is 9.95. The quantitative estimate of drug-likeness (QED) is 0.318. The number of rotatable bonds is 9. The predicted molar refractivity (Wildman–Crippen MR) is 146 cm³/mol. The van der Waals surface area contributed by atoms with Crippen LogP contribution in [0.3, 0.4) is 0 Å². The third-order valence-electron chi connectivity index (χ3n) is 6.54. The highest BCUT2D eigenvalue weighted by molar-refractivity contribution is 7.97. The van der Waals surface area contributed by atoms with Gasteiger partial charge in [0.05, 0.1) is 18.2 Å². The number of carbonyl (C=O) groups excluding carboxylic acids is 1. The summed E-state index contributed by atoms with van der Waals surface area (Å²) in [5.74, 6) is 0.112. The second-order valence-electron chi connectivity index (χ2n) is 8.94. The molecule has 4 nitrogen and oxygen atoms in total. The number of carbonyl (C=O) groups is 1. The van der Waals surface area contributed by atoms with Gasteiger partial charge in [-0.15, -0.1) is 0 Å². The molecule has 1 unspecified atom stereocenters. The number of hydrogen-bond acceptors (Lipinski definition) is 4. The highest BCUT2D eigenvalue weighted by Crippen LogP contribution is 2.45. The number of nitrogens with one attached hydrogen (secondary N) is 1. The Kier molecular flexibility index (Phi) is 11.2. The molecule has 0 aromatic heterocycles. The van der Waals surface area contributed by atoms with E-state index in [0.717, 1.165) is 61.8 Å². The number of nitrogens with zero attached hydrogens (tertiary/aromatic N) is 1. The molecule has 198 valence electrons. The Labute approximate surface area is 227 Å². The van der Waals surface area contributed by atoms with Gasteiger partial charge in [0.25, 0.3) is 5.91 Å². The van der Waals surface area contributed by atoms with Crippen LogP contribution in [0.25, 0.3) is 0 Å². The topological polar surface area (TPSA) is 41.6 Å². The number of piperidine rings is 1. The van der Waals surface area contributed by atoms with Gasteiger partial charge in [0.1, 0.15) is 18.2 Å². The largest absolute Gasteiger partial charge is 0.493 e. The van der Waals surface area contributed by atoms with Crippen molar-refractivity contribution in [3.8, 4) is 5.75 Å². The molecule has 36 heavy (non-hydrogen) atoms. The Balaban J connectivity index is 0.00000176. The Bertz CT molecular complexity index is 1010. The van der Waals surface area contributed by atoms with Crippen LogP contribution >= 0.6 is 35.1 Å². The van der Waals surface area contributed by atoms with Gasteiger partial charge < -0.3 is 4.74 Å². The molecule has 1 atom stereocenters. The van der Waals surface area contributed by atoms with E-state index < -0.39 is 18.4 Å². The average molecular weight is 560 g/mol. The summed E-state index contributed by atoms with van der Waals surface area (Å²) in [6.45, 7) is 5.40. The fourth-order valence-electron chi connectivity index (χ4n) is 4.54. The third kappa shape index (κ3) is 7.50. The number of ether oxygens (including phenoxy) is 1. The van der Waals surface area contributed by atoms with Crippen molar-refractivity contribution in [3.05, 3.63) is 62.9 Å². The zero-order chi connectivity index (χ0) is 26.2. The molecule has 2 aliphatic rings. The van der Waals surface area contributed by atoms with Gasteiger partial charge in [-0.25, -0.2) is 8.78 Å². The molecule has 4 rings (SSSR count). The molecule has 2 fully saturated rings. The number of likely N-dealkylation sites (tertiary alicyclic amines) is 1. The number of amides is 1. The first-order valence-corrected chi connectivity index (χ1v) is 14.4. The Morgan fingerprint density at radius 3 is 2.31 bits per heavy atom. The molecule has 1 amide bonds. The standard InChI is InChI=1S/C25H28Cl2F2N2O2S.C2H6/c1-34-30-25(32)21-11-20(16-2-3-16)24(12-22(21)29)33-14-15-4-6-31(7-5-15)23(13-28)17-8-18(26)10-19(27)9-17;1-2/h8-12,15-16,23H,2-7,13-14H2,1H3,(H,30,32);1-2H3. The van der Waals surface area contributed by atoms with Gasteiger partial charge >= 0.3 is 0 Å². The predicted octanol–water partition coefficient (Wildman–Crippen LogP) is 7.85.